The molecule has 0 aromatic heterocycles. The minimum Gasteiger partial charge on any atom is -0.497 e. The van der Waals surface area contributed by atoms with Crippen LogP contribution in [0.25, 0.3) is 0 Å². The molecular formula is C24H30N2O4. The summed E-state index contributed by atoms with van der Waals surface area (Å²) in [7, 11) is 1.66. The summed E-state index contributed by atoms with van der Waals surface area (Å²) in [6.07, 6.45) is 2.29. The van der Waals surface area contributed by atoms with Crippen molar-refractivity contribution < 1.29 is 19.0 Å². The summed E-state index contributed by atoms with van der Waals surface area (Å²) in [6, 6.07) is 14.0. The first-order chi connectivity index (χ1) is 14.7. The second kappa shape index (κ2) is 9.85. The maximum atomic E-state index is 12.8. The van der Waals surface area contributed by atoms with Crippen molar-refractivity contribution in [2.45, 2.75) is 25.8 Å². The molecule has 0 aliphatic carbocycles. The van der Waals surface area contributed by atoms with Crippen molar-refractivity contribution in [1.29, 1.82) is 0 Å². The quantitative estimate of drug-likeness (QED) is 0.732. The number of hydrogen-bond donors (Lipinski definition) is 0. The third-order valence-electron chi connectivity index (χ3n) is 5.77. The van der Waals surface area contributed by atoms with Gasteiger partial charge < -0.3 is 19.1 Å². The van der Waals surface area contributed by atoms with E-state index in [0.717, 1.165) is 73.9 Å². The lowest BCUT2D eigenvalue weighted by Crippen LogP contribution is -2.35. The van der Waals surface area contributed by atoms with Gasteiger partial charge in [0.25, 0.3) is 0 Å². The number of carbonyl (C=O) groups excluding carboxylic acids is 1. The Balaban J connectivity index is 1.29. The molecule has 2 heterocycles. The molecule has 0 unspecified atom stereocenters. The second-order valence-corrected chi connectivity index (χ2v) is 7.80. The molecule has 1 fully saturated rings. The van der Waals surface area contributed by atoms with E-state index in [-0.39, 0.29) is 5.91 Å². The van der Waals surface area contributed by atoms with Gasteiger partial charge in [0.15, 0.2) is 11.5 Å². The third-order valence-corrected chi connectivity index (χ3v) is 5.77. The molecular weight excluding hydrogens is 380 g/mol. The number of rotatable bonds is 6. The van der Waals surface area contributed by atoms with E-state index in [1.807, 2.05) is 41.3 Å². The zero-order chi connectivity index (χ0) is 20.8. The molecule has 0 saturated carbocycles. The number of amides is 1. The molecule has 0 radical (unpaired) electrons. The van der Waals surface area contributed by atoms with E-state index in [9.17, 15) is 4.79 Å². The van der Waals surface area contributed by atoms with Crippen LogP contribution in [0.1, 0.15) is 24.0 Å². The number of aryl methyl sites for hydroxylation is 1. The van der Waals surface area contributed by atoms with E-state index in [1.165, 1.54) is 0 Å². The number of carbonyl (C=O) groups is 1. The highest BCUT2D eigenvalue weighted by atomic mass is 16.6. The minimum absolute atomic E-state index is 0.237. The highest BCUT2D eigenvalue weighted by molar-refractivity contribution is 5.76. The van der Waals surface area contributed by atoms with E-state index in [1.54, 1.807) is 7.11 Å². The highest BCUT2D eigenvalue weighted by Crippen LogP contribution is 2.34. The van der Waals surface area contributed by atoms with Crippen LogP contribution in [0.2, 0.25) is 0 Å². The van der Waals surface area contributed by atoms with E-state index < -0.39 is 0 Å². The smallest absolute Gasteiger partial charge is 0.222 e. The Labute approximate surface area is 178 Å². The van der Waals surface area contributed by atoms with Gasteiger partial charge in [0.2, 0.25) is 5.91 Å². The first-order valence-electron chi connectivity index (χ1n) is 10.7. The van der Waals surface area contributed by atoms with Crippen LogP contribution >= 0.6 is 0 Å². The standard InChI is InChI=1S/C24H30N2O4/c1-28-21-9-6-19(7-10-21)8-11-23(27)26-13-3-12-25(14-15-26)18-20-4-2-5-22-24(20)30-17-16-29-22/h2,4-7,9-10H,3,8,11-18H2,1H3. The Hall–Kier alpha value is -2.73. The summed E-state index contributed by atoms with van der Waals surface area (Å²) in [5, 5.41) is 0. The van der Waals surface area contributed by atoms with Crippen molar-refractivity contribution in [2.24, 2.45) is 0 Å². The van der Waals surface area contributed by atoms with Crippen LogP contribution in [0.3, 0.4) is 0 Å². The number of para-hydroxylation sites is 1. The first kappa shape index (κ1) is 20.5. The Morgan fingerprint density at radius 2 is 1.83 bits per heavy atom. The fourth-order valence-electron chi connectivity index (χ4n) is 4.08. The normalized spacial score (nSPS) is 16.8. The van der Waals surface area contributed by atoms with Gasteiger partial charge in [0.1, 0.15) is 19.0 Å². The van der Waals surface area contributed by atoms with E-state index >= 15 is 0 Å². The molecule has 0 atom stereocenters. The van der Waals surface area contributed by atoms with Crippen molar-refractivity contribution in [3.05, 3.63) is 53.6 Å². The summed E-state index contributed by atoms with van der Waals surface area (Å²) in [5.74, 6) is 2.79. The molecule has 1 saturated heterocycles. The molecule has 160 valence electrons. The molecule has 0 N–H and O–H groups in total. The van der Waals surface area contributed by atoms with Crippen LogP contribution < -0.4 is 14.2 Å². The summed E-state index contributed by atoms with van der Waals surface area (Å²) < 4.78 is 16.7. The van der Waals surface area contributed by atoms with Crippen LogP contribution in [0.4, 0.5) is 0 Å². The van der Waals surface area contributed by atoms with Gasteiger partial charge in [-0.25, -0.2) is 0 Å². The Morgan fingerprint density at radius 3 is 2.67 bits per heavy atom. The predicted octanol–water partition coefficient (Wildman–Crippen LogP) is 3.13. The van der Waals surface area contributed by atoms with Crippen LogP contribution in [-0.4, -0.2) is 62.2 Å². The zero-order valence-electron chi connectivity index (χ0n) is 17.6. The SMILES string of the molecule is COc1ccc(CCC(=O)N2CCCN(Cc3cccc4c3OCCO4)CC2)cc1. The monoisotopic (exact) mass is 410 g/mol. The van der Waals surface area contributed by atoms with Gasteiger partial charge in [-0.2, -0.15) is 0 Å². The van der Waals surface area contributed by atoms with Gasteiger partial charge in [0, 0.05) is 44.7 Å². The molecule has 1 amide bonds. The maximum Gasteiger partial charge on any atom is 0.222 e. The molecule has 0 bridgehead atoms. The lowest BCUT2D eigenvalue weighted by atomic mass is 10.1. The van der Waals surface area contributed by atoms with Crippen molar-refractivity contribution in [1.82, 2.24) is 9.80 Å². The van der Waals surface area contributed by atoms with Crippen LogP contribution in [0.5, 0.6) is 17.2 Å². The summed E-state index contributed by atoms with van der Waals surface area (Å²) in [6.45, 7) is 5.47. The molecule has 2 aliphatic heterocycles. The highest BCUT2D eigenvalue weighted by Gasteiger charge is 2.21. The van der Waals surface area contributed by atoms with Gasteiger partial charge in [0.05, 0.1) is 7.11 Å². The lowest BCUT2D eigenvalue weighted by molar-refractivity contribution is -0.131. The molecule has 2 aromatic rings. The predicted molar refractivity (Wildman–Crippen MR) is 115 cm³/mol. The molecule has 0 spiro atoms. The topological polar surface area (TPSA) is 51.2 Å². The van der Waals surface area contributed by atoms with E-state index in [0.29, 0.717) is 19.6 Å². The van der Waals surface area contributed by atoms with Crippen LogP contribution in [0.15, 0.2) is 42.5 Å². The zero-order valence-corrected chi connectivity index (χ0v) is 17.6. The van der Waals surface area contributed by atoms with Crippen molar-refractivity contribution in [3.8, 4) is 17.2 Å². The number of fused-ring (bicyclic) bond motifs is 1. The van der Waals surface area contributed by atoms with Crippen molar-refractivity contribution in [3.63, 3.8) is 0 Å². The number of methoxy groups -OCH3 is 1. The third kappa shape index (κ3) is 5.05. The second-order valence-electron chi connectivity index (χ2n) is 7.80. The van der Waals surface area contributed by atoms with Gasteiger partial charge >= 0.3 is 0 Å². The average molecular weight is 411 g/mol. The van der Waals surface area contributed by atoms with E-state index in [2.05, 4.69) is 11.0 Å². The number of nitrogens with zero attached hydrogens (tertiary/aromatic N) is 2. The molecule has 6 heteroatoms. The average Bonchev–Trinajstić information content (AvgIpc) is 3.04. The summed E-state index contributed by atoms with van der Waals surface area (Å²) in [5.41, 5.74) is 2.32. The Bertz CT molecular complexity index is 853. The first-order valence-corrected chi connectivity index (χ1v) is 10.7. The summed E-state index contributed by atoms with van der Waals surface area (Å²) >= 11 is 0. The maximum absolute atomic E-state index is 12.8. The van der Waals surface area contributed by atoms with Crippen LogP contribution in [0, 0.1) is 0 Å². The van der Waals surface area contributed by atoms with Crippen LogP contribution in [-0.2, 0) is 17.8 Å². The van der Waals surface area contributed by atoms with Gasteiger partial charge in [-0.1, -0.05) is 24.3 Å². The van der Waals surface area contributed by atoms with Gasteiger partial charge in [-0.3, -0.25) is 9.69 Å². The summed E-state index contributed by atoms with van der Waals surface area (Å²) in [4.78, 5) is 17.2. The van der Waals surface area contributed by atoms with Crippen molar-refractivity contribution >= 4 is 5.91 Å². The van der Waals surface area contributed by atoms with Crippen molar-refractivity contribution in [2.75, 3.05) is 46.5 Å². The Kier molecular flexibility index (Phi) is 6.74. The van der Waals surface area contributed by atoms with E-state index in [4.69, 9.17) is 14.2 Å². The molecule has 6 nitrogen and oxygen atoms in total. The molecule has 2 aromatic carbocycles. The molecule has 30 heavy (non-hydrogen) atoms. The van der Waals surface area contributed by atoms with Gasteiger partial charge in [-0.15, -0.1) is 0 Å². The minimum atomic E-state index is 0.237. The largest absolute Gasteiger partial charge is 0.497 e. The lowest BCUT2D eigenvalue weighted by Gasteiger charge is -2.25. The number of benzene rings is 2. The fourth-order valence-corrected chi connectivity index (χ4v) is 4.08. The molecule has 2 aliphatic rings. The number of hydrogen-bond acceptors (Lipinski definition) is 5. The van der Waals surface area contributed by atoms with Gasteiger partial charge in [-0.05, 0) is 36.6 Å². The molecule has 4 rings (SSSR count). The fraction of sp³-hybridized carbons (Fsp3) is 0.458. The number of ether oxygens (including phenoxy) is 3. The Morgan fingerprint density at radius 1 is 1.00 bits per heavy atom.